The highest BCUT2D eigenvalue weighted by molar-refractivity contribution is 5.85. The molecule has 0 unspecified atom stereocenters. The third-order valence-electron chi connectivity index (χ3n) is 2.52. The second-order valence-corrected chi connectivity index (χ2v) is 3.31. The maximum atomic E-state index is 11.0. The summed E-state index contributed by atoms with van der Waals surface area (Å²) >= 11 is 0. The molecule has 0 bridgehead atoms. The van der Waals surface area contributed by atoms with E-state index in [0.717, 1.165) is 5.69 Å². The van der Waals surface area contributed by atoms with Crippen LogP contribution in [0, 0.1) is 0 Å². The molecule has 0 saturated heterocycles. The van der Waals surface area contributed by atoms with Gasteiger partial charge in [-0.15, -0.1) is 0 Å². The van der Waals surface area contributed by atoms with Crippen molar-refractivity contribution in [2.45, 2.75) is 25.2 Å². The summed E-state index contributed by atoms with van der Waals surface area (Å²) in [6.07, 6.45) is 5.40. The highest BCUT2D eigenvalue weighted by Crippen LogP contribution is 2.35. The molecule has 0 aliphatic heterocycles. The van der Waals surface area contributed by atoms with E-state index in [1.165, 1.54) is 26.4 Å². The average Bonchev–Trinajstić information content (AvgIpc) is 2.49. The Morgan fingerprint density at radius 1 is 1.69 bits per heavy atom. The number of aromatic nitrogens is 2. The third kappa shape index (κ3) is 1.43. The van der Waals surface area contributed by atoms with Crippen LogP contribution in [0.25, 0.3) is 0 Å². The molecule has 70 valence electrons. The van der Waals surface area contributed by atoms with Crippen LogP contribution in [0.5, 0.6) is 0 Å². The van der Waals surface area contributed by atoms with Crippen molar-refractivity contribution in [3.05, 3.63) is 17.7 Å². The lowest BCUT2D eigenvalue weighted by atomic mass is 9.83. The van der Waals surface area contributed by atoms with E-state index in [9.17, 15) is 4.79 Å². The van der Waals surface area contributed by atoms with Gasteiger partial charge in [0.25, 0.3) is 0 Å². The number of hydrogen-bond acceptors (Lipinski definition) is 3. The number of nitrogens with one attached hydrogen (secondary N) is 1. The summed E-state index contributed by atoms with van der Waals surface area (Å²) in [5.41, 5.74) is 1.06. The minimum atomic E-state index is -0.398. The standard InChI is InChI=1S/C9H12N2O2/c1-13-9(12)8-10-5-7(11-8)6-3-2-4-6/h5-6H,2-4H2,1H3,(H,10,11). The summed E-state index contributed by atoms with van der Waals surface area (Å²) in [6.45, 7) is 0. The summed E-state index contributed by atoms with van der Waals surface area (Å²) < 4.78 is 4.55. The zero-order valence-electron chi connectivity index (χ0n) is 7.54. The molecule has 1 aromatic heterocycles. The smallest absolute Gasteiger partial charge is 0.374 e. The van der Waals surface area contributed by atoms with Gasteiger partial charge in [0.15, 0.2) is 0 Å². The Kier molecular flexibility index (Phi) is 2.04. The molecule has 1 heterocycles. The summed E-state index contributed by atoms with van der Waals surface area (Å²) in [7, 11) is 1.36. The SMILES string of the molecule is COC(=O)c1ncc(C2CCC2)[nH]1. The molecule has 1 aliphatic rings. The third-order valence-corrected chi connectivity index (χ3v) is 2.52. The van der Waals surface area contributed by atoms with Gasteiger partial charge in [-0.25, -0.2) is 9.78 Å². The quantitative estimate of drug-likeness (QED) is 0.701. The van der Waals surface area contributed by atoms with Crippen LogP contribution in [-0.4, -0.2) is 23.0 Å². The predicted octanol–water partition coefficient (Wildman–Crippen LogP) is 1.46. The van der Waals surface area contributed by atoms with Crippen molar-refractivity contribution in [2.75, 3.05) is 7.11 Å². The molecule has 4 nitrogen and oxygen atoms in total. The van der Waals surface area contributed by atoms with Crippen molar-refractivity contribution >= 4 is 5.97 Å². The minimum absolute atomic E-state index is 0.310. The fourth-order valence-electron chi connectivity index (χ4n) is 1.46. The summed E-state index contributed by atoms with van der Waals surface area (Å²) in [5.74, 6) is 0.487. The number of carbonyl (C=O) groups excluding carboxylic acids is 1. The number of aromatic amines is 1. The first-order valence-electron chi connectivity index (χ1n) is 4.44. The molecule has 1 fully saturated rings. The Balaban J connectivity index is 2.12. The number of hydrogen-bond donors (Lipinski definition) is 1. The Bertz CT molecular complexity index is 315. The monoisotopic (exact) mass is 180 g/mol. The number of rotatable bonds is 2. The number of imidazole rings is 1. The molecule has 1 N–H and O–H groups in total. The van der Waals surface area contributed by atoms with Crippen molar-refractivity contribution in [3.8, 4) is 0 Å². The lowest BCUT2D eigenvalue weighted by molar-refractivity contribution is 0.0587. The van der Waals surface area contributed by atoms with Gasteiger partial charge in [0.1, 0.15) is 0 Å². The van der Waals surface area contributed by atoms with E-state index < -0.39 is 5.97 Å². The normalized spacial score (nSPS) is 16.7. The van der Waals surface area contributed by atoms with Crippen molar-refractivity contribution in [1.82, 2.24) is 9.97 Å². The molecule has 0 amide bonds. The first-order chi connectivity index (χ1) is 6.31. The van der Waals surface area contributed by atoms with Crippen LogP contribution in [0.1, 0.15) is 41.5 Å². The molecule has 2 rings (SSSR count). The van der Waals surface area contributed by atoms with Gasteiger partial charge in [-0.2, -0.15) is 0 Å². The fourth-order valence-corrected chi connectivity index (χ4v) is 1.46. The van der Waals surface area contributed by atoms with Crippen LogP contribution in [0.2, 0.25) is 0 Å². The van der Waals surface area contributed by atoms with E-state index >= 15 is 0 Å². The van der Waals surface area contributed by atoms with E-state index in [1.54, 1.807) is 6.20 Å². The van der Waals surface area contributed by atoms with E-state index in [-0.39, 0.29) is 0 Å². The topological polar surface area (TPSA) is 55.0 Å². The first kappa shape index (κ1) is 8.29. The van der Waals surface area contributed by atoms with Gasteiger partial charge < -0.3 is 9.72 Å². The zero-order chi connectivity index (χ0) is 9.26. The van der Waals surface area contributed by atoms with E-state index in [4.69, 9.17) is 0 Å². The van der Waals surface area contributed by atoms with Crippen LogP contribution in [-0.2, 0) is 4.74 Å². The molecule has 1 aliphatic carbocycles. The second kappa shape index (κ2) is 3.20. The fraction of sp³-hybridized carbons (Fsp3) is 0.556. The number of nitrogens with zero attached hydrogens (tertiary/aromatic N) is 1. The molecular weight excluding hydrogens is 168 g/mol. The van der Waals surface area contributed by atoms with Gasteiger partial charge in [0.2, 0.25) is 5.82 Å². The van der Waals surface area contributed by atoms with E-state index in [2.05, 4.69) is 14.7 Å². The lowest BCUT2D eigenvalue weighted by Crippen LogP contribution is -2.10. The number of ether oxygens (including phenoxy) is 1. The summed E-state index contributed by atoms with van der Waals surface area (Å²) in [4.78, 5) is 18.0. The van der Waals surface area contributed by atoms with Crippen LogP contribution in [0.15, 0.2) is 6.20 Å². The Labute approximate surface area is 76.3 Å². The van der Waals surface area contributed by atoms with Crippen LogP contribution in [0.4, 0.5) is 0 Å². The van der Waals surface area contributed by atoms with Gasteiger partial charge >= 0.3 is 5.97 Å². The van der Waals surface area contributed by atoms with Gasteiger partial charge in [-0.05, 0) is 12.8 Å². The van der Waals surface area contributed by atoms with Crippen LogP contribution >= 0.6 is 0 Å². The Morgan fingerprint density at radius 2 is 2.46 bits per heavy atom. The van der Waals surface area contributed by atoms with Gasteiger partial charge in [-0.3, -0.25) is 0 Å². The van der Waals surface area contributed by atoms with E-state index in [0.29, 0.717) is 11.7 Å². The largest absolute Gasteiger partial charge is 0.463 e. The van der Waals surface area contributed by atoms with Crippen molar-refractivity contribution in [3.63, 3.8) is 0 Å². The number of carbonyl (C=O) groups is 1. The van der Waals surface area contributed by atoms with Gasteiger partial charge in [-0.1, -0.05) is 6.42 Å². The predicted molar refractivity (Wildman–Crippen MR) is 46.5 cm³/mol. The number of methoxy groups -OCH3 is 1. The maximum Gasteiger partial charge on any atom is 0.374 e. The highest BCUT2D eigenvalue weighted by Gasteiger charge is 2.22. The second-order valence-electron chi connectivity index (χ2n) is 3.31. The highest BCUT2D eigenvalue weighted by atomic mass is 16.5. The molecular formula is C9H12N2O2. The average molecular weight is 180 g/mol. The Morgan fingerprint density at radius 3 is 3.00 bits per heavy atom. The Hall–Kier alpha value is -1.32. The summed E-state index contributed by atoms with van der Waals surface area (Å²) in [6, 6.07) is 0. The molecule has 0 aromatic carbocycles. The lowest BCUT2D eigenvalue weighted by Gasteiger charge is -2.23. The van der Waals surface area contributed by atoms with Gasteiger partial charge in [0, 0.05) is 17.8 Å². The first-order valence-corrected chi connectivity index (χ1v) is 4.44. The molecule has 1 saturated carbocycles. The number of H-pyrrole nitrogens is 1. The van der Waals surface area contributed by atoms with E-state index in [1.807, 2.05) is 0 Å². The van der Waals surface area contributed by atoms with Crippen molar-refractivity contribution in [2.24, 2.45) is 0 Å². The van der Waals surface area contributed by atoms with Crippen molar-refractivity contribution in [1.29, 1.82) is 0 Å². The molecule has 0 spiro atoms. The zero-order valence-corrected chi connectivity index (χ0v) is 7.54. The molecule has 0 radical (unpaired) electrons. The van der Waals surface area contributed by atoms with Crippen molar-refractivity contribution < 1.29 is 9.53 Å². The molecule has 13 heavy (non-hydrogen) atoms. The molecule has 1 aromatic rings. The van der Waals surface area contributed by atoms with Crippen LogP contribution in [0.3, 0.4) is 0 Å². The summed E-state index contributed by atoms with van der Waals surface area (Å²) in [5, 5.41) is 0. The minimum Gasteiger partial charge on any atom is -0.463 e. The maximum absolute atomic E-state index is 11.0. The van der Waals surface area contributed by atoms with Gasteiger partial charge in [0.05, 0.1) is 7.11 Å². The molecule has 4 heteroatoms. The number of esters is 1. The van der Waals surface area contributed by atoms with Crippen LogP contribution < -0.4 is 0 Å². The molecule has 0 atom stereocenters.